The van der Waals surface area contributed by atoms with E-state index in [1.807, 2.05) is 0 Å². The van der Waals surface area contributed by atoms with E-state index < -0.39 is 10.1 Å². The highest BCUT2D eigenvalue weighted by Crippen LogP contribution is 2.52. The van der Waals surface area contributed by atoms with Crippen molar-refractivity contribution in [2.24, 2.45) is 5.41 Å². The summed E-state index contributed by atoms with van der Waals surface area (Å²) in [6.45, 7) is 24.9. The summed E-state index contributed by atoms with van der Waals surface area (Å²) in [5, 5.41) is 5.18. The topological polar surface area (TPSA) is 60.6 Å². The molecule has 0 saturated carbocycles. The van der Waals surface area contributed by atoms with E-state index in [0.29, 0.717) is 19.4 Å². The molecule has 1 aliphatic carbocycles. The Balaban J connectivity index is 1.31. The SMILES string of the molecule is CCCCC[N+]1=C(C=CC2=C(C(C)(C)C)C(=CC=C3N(CCCCS(=O)(=O)O)c4ccc5cc(C)ccc5c4C3(C)C)CCC2)C(C)(C)c2c1ccc1cc(C)ccc21. The van der Waals surface area contributed by atoms with Crippen LogP contribution in [0.5, 0.6) is 0 Å². The van der Waals surface area contributed by atoms with Gasteiger partial charge in [0.2, 0.25) is 5.69 Å². The smallest absolute Gasteiger partial charge is 0.264 e. The number of rotatable bonds is 12. The van der Waals surface area contributed by atoms with E-state index in [2.05, 4.69) is 164 Å². The van der Waals surface area contributed by atoms with Crippen LogP contribution in [0, 0.1) is 19.3 Å². The Kier molecular flexibility index (Phi) is 11.8. The third-order valence-electron chi connectivity index (χ3n) is 13.2. The molecule has 6 heteroatoms. The molecule has 0 atom stereocenters. The van der Waals surface area contributed by atoms with Crippen LogP contribution in [0.1, 0.15) is 129 Å². The van der Waals surface area contributed by atoms with E-state index in [9.17, 15) is 13.0 Å². The summed E-state index contributed by atoms with van der Waals surface area (Å²) in [6, 6.07) is 22.8. The third-order valence-corrected chi connectivity index (χ3v) is 14.0. The second-order valence-electron chi connectivity index (χ2n) is 19.6. The summed E-state index contributed by atoms with van der Waals surface area (Å²) in [6.07, 6.45) is 17.5. The number of anilines is 1. The standard InChI is InChI=1S/C53H66N2O3S/c1-11-12-13-31-54-44-27-21-40-34-36(2)19-25-42(40)49(44)52(7,8)46(54)29-23-38-17-16-18-39(48(38)51(4,5)6)24-30-47-53(9,10)50-43-26-20-37(3)35-41(43)22-28-45(50)55(47)32-14-15-33-59(56,57)58/h19-30,34-35H,11-18,31-33H2,1-10H3/p+1. The first kappa shape index (κ1) is 42.8. The molecular weight excluding hydrogens is 745 g/mol. The molecule has 4 aromatic rings. The van der Waals surface area contributed by atoms with Crippen molar-refractivity contribution in [3.05, 3.63) is 130 Å². The zero-order chi connectivity index (χ0) is 42.5. The molecule has 1 N–H and O–H groups in total. The van der Waals surface area contributed by atoms with Crippen molar-refractivity contribution in [3.63, 3.8) is 0 Å². The highest BCUT2D eigenvalue weighted by atomic mass is 32.2. The van der Waals surface area contributed by atoms with Gasteiger partial charge >= 0.3 is 0 Å². The Bertz CT molecular complexity index is 2570. The number of nitrogens with zero attached hydrogens (tertiary/aromatic N) is 2. The fraction of sp³-hybridized carbons (Fsp3) is 0.453. The van der Waals surface area contributed by atoms with Crippen molar-refractivity contribution >= 4 is 48.7 Å². The van der Waals surface area contributed by atoms with E-state index in [0.717, 1.165) is 25.8 Å². The lowest BCUT2D eigenvalue weighted by Crippen LogP contribution is -2.28. The Morgan fingerprint density at radius 2 is 1.44 bits per heavy atom. The average molecular weight is 812 g/mol. The van der Waals surface area contributed by atoms with Gasteiger partial charge in [-0.3, -0.25) is 4.55 Å². The highest BCUT2D eigenvalue weighted by molar-refractivity contribution is 7.85. The van der Waals surface area contributed by atoms with Crippen molar-refractivity contribution in [2.75, 3.05) is 23.7 Å². The molecule has 4 aromatic carbocycles. The van der Waals surface area contributed by atoms with Gasteiger partial charge in [-0.2, -0.15) is 13.0 Å². The lowest BCUT2D eigenvalue weighted by atomic mass is 9.73. The summed E-state index contributed by atoms with van der Waals surface area (Å²) >= 11 is 0. The van der Waals surface area contributed by atoms with Crippen molar-refractivity contribution in [3.8, 4) is 0 Å². The zero-order valence-electron chi connectivity index (χ0n) is 37.4. The molecule has 2 aliphatic heterocycles. The second kappa shape index (κ2) is 16.3. The summed E-state index contributed by atoms with van der Waals surface area (Å²) in [5.41, 5.74) is 14.2. The lowest BCUT2D eigenvalue weighted by molar-refractivity contribution is -0.438. The first-order valence-corrected chi connectivity index (χ1v) is 23.7. The van der Waals surface area contributed by atoms with E-state index in [-0.39, 0.29) is 22.0 Å². The lowest BCUT2D eigenvalue weighted by Gasteiger charge is -2.32. The van der Waals surface area contributed by atoms with Crippen molar-refractivity contribution < 1.29 is 17.5 Å². The quantitative estimate of drug-likeness (QED) is 0.0879. The molecule has 0 radical (unpaired) electrons. The van der Waals surface area contributed by atoms with E-state index in [1.165, 1.54) is 103 Å². The monoisotopic (exact) mass is 811 g/mol. The number of unbranched alkanes of at least 4 members (excludes halogenated alkanes) is 3. The molecule has 3 aliphatic rings. The number of fused-ring (bicyclic) bond motifs is 6. The first-order valence-electron chi connectivity index (χ1n) is 22.1. The van der Waals surface area contributed by atoms with Crippen LogP contribution in [0.2, 0.25) is 0 Å². The van der Waals surface area contributed by atoms with Crippen molar-refractivity contribution in [1.29, 1.82) is 0 Å². The number of hydrogen-bond donors (Lipinski definition) is 1. The molecule has 0 aromatic heterocycles. The molecule has 0 bridgehead atoms. The molecule has 0 amide bonds. The maximum Gasteiger partial charge on any atom is 0.264 e. The molecule has 0 spiro atoms. The Hall–Kier alpha value is -4.26. The summed E-state index contributed by atoms with van der Waals surface area (Å²) in [7, 11) is -4.01. The van der Waals surface area contributed by atoms with Crippen LogP contribution >= 0.6 is 0 Å². The van der Waals surface area contributed by atoms with Gasteiger partial charge in [-0.25, -0.2) is 0 Å². The van der Waals surface area contributed by atoms with Gasteiger partial charge in [-0.1, -0.05) is 114 Å². The highest BCUT2D eigenvalue weighted by Gasteiger charge is 2.46. The number of allylic oxidation sites excluding steroid dienone is 8. The van der Waals surface area contributed by atoms with E-state index >= 15 is 0 Å². The molecular formula is C53H67N2O3S+. The molecule has 0 fully saturated rings. The molecule has 0 saturated heterocycles. The van der Waals surface area contributed by atoms with E-state index in [1.54, 1.807) is 0 Å². The minimum atomic E-state index is -4.01. The second-order valence-corrected chi connectivity index (χ2v) is 21.2. The minimum Gasteiger partial charge on any atom is -0.344 e. The van der Waals surface area contributed by atoms with Gasteiger partial charge in [0.05, 0.1) is 11.2 Å². The van der Waals surface area contributed by atoms with E-state index in [4.69, 9.17) is 0 Å². The van der Waals surface area contributed by atoms with Crippen molar-refractivity contribution in [2.45, 2.75) is 131 Å². The van der Waals surface area contributed by atoms with Crippen LogP contribution < -0.4 is 4.90 Å². The summed E-state index contributed by atoms with van der Waals surface area (Å²) in [4.78, 5) is 2.41. The van der Waals surface area contributed by atoms with Crippen LogP contribution in [0.3, 0.4) is 0 Å². The predicted molar refractivity (Wildman–Crippen MR) is 251 cm³/mol. The normalized spacial score (nSPS) is 19.3. The van der Waals surface area contributed by atoms with Gasteiger partial charge in [-0.05, 0) is 134 Å². The van der Waals surface area contributed by atoms with Gasteiger partial charge in [0.15, 0.2) is 5.71 Å². The molecule has 312 valence electrons. The summed E-state index contributed by atoms with van der Waals surface area (Å²) < 4.78 is 35.4. The largest absolute Gasteiger partial charge is 0.344 e. The fourth-order valence-corrected chi connectivity index (χ4v) is 11.1. The van der Waals surface area contributed by atoms with Gasteiger partial charge in [0, 0.05) is 47.5 Å². The fourth-order valence-electron chi connectivity index (χ4n) is 10.6. The third kappa shape index (κ3) is 8.42. The predicted octanol–water partition coefficient (Wildman–Crippen LogP) is 13.5. The van der Waals surface area contributed by atoms with Crippen LogP contribution in [0.25, 0.3) is 21.5 Å². The Morgan fingerprint density at radius 3 is 2.08 bits per heavy atom. The molecule has 0 unspecified atom stereocenters. The van der Waals surface area contributed by atoms with Crippen LogP contribution in [0.15, 0.2) is 107 Å². The maximum atomic E-state index is 11.6. The molecule has 7 rings (SSSR count). The molecule has 5 nitrogen and oxygen atoms in total. The van der Waals surface area contributed by atoms with Gasteiger partial charge < -0.3 is 4.90 Å². The van der Waals surface area contributed by atoms with Gasteiger partial charge in [0.1, 0.15) is 6.54 Å². The number of hydrogen-bond acceptors (Lipinski definition) is 3. The molecule has 2 heterocycles. The number of aryl methyl sites for hydroxylation is 2. The van der Waals surface area contributed by atoms with Crippen LogP contribution in [-0.4, -0.2) is 42.1 Å². The Labute approximate surface area is 355 Å². The number of benzene rings is 4. The van der Waals surface area contributed by atoms with Gasteiger partial charge in [-0.15, -0.1) is 0 Å². The first-order chi connectivity index (χ1) is 27.8. The zero-order valence-corrected chi connectivity index (χ0v) is 38.2. The summed E-state index contributed by atoms with van der Waals surface area (Å²) in [5.74, 6) is -0.220. The Morgan fingerprint density at radius 1 is 0.780 bits per heavy atom. The average Bonchev–Trinajstić information content (AvgIpc) is 3.51. The minimum absolute atomic E-state index is 0.0597. The van der Waals surface area contributed by atoms with Crippen LogP contribution in [0.4, 0.5) is 11.4 Å². The van der Waals surface area contributed by atoms with Crippen molar-refractivity contribution in [1.82, 2.24) is 0 Å². The molecule has 59 heavy (non-hydrogen) atoms. The van der Waals surface area contributed by atoms with Gasteiger partial charge in [0.25, 0.3) is 10.1 Å². The maximum absolute atomic E-state index is 11.6. The van der Waals surface area contributed by atoms with Crippen LogP contribution in [-0.2, 0) is 20.9 Å².